The van der Waals surface area contributed by atoms with E-state index in [0.717, 1.165) is 78.4 Å². The smallest absolute Gasteiger partial charge is 0.234 e. The third kappa shape index (κ3) is 6.68. The number of benzene rings is 1. The van der Waals surface area contributed by atoms with Gasteiger partial charge < -0.3 is 15.5 Å². The normalized spacial score (nSPS) is 20.2. The first-order valence-electron chi connectivity index (χ1n) is 9.98. The maximum absolute atomic E-state index is 12.1. The Kier molecular flexibility index (Phi) is 7.88. The number of amides is 1. The van der Waals surface area contributed by atoms with Gasteiger partial charge in [0.25, 0.3) is 0 Å². The molecule has 6 nitrogen and oxygen atoms in total. The Bertz CT molecular complexity index is 524. The summed E-state index contributed by atoms with van der Waals surface area (Å²) in [6.45, 7) is 11.8. The minimum Gasteiger partial charge on any atom is -0.355 e. The summed E-state index contributed by atoms with van der Waals surface area (Å²) in [5.74, 6) is 0.168. The Morgan fingerprint density at radius 2 is 1.62 bits per heavy atom. The highest BCUT2D eigenvalue weighted by Gasteiger charge is 2.18. The molecule has 144 valence electrons. The SMILES string of the molecule is O=C(CN1CCN(Cc2ccccc2)CC1)NCCCN1CCNCC1. The summed E-state index contributed by atoms with van der Waals surface area (Å²) in [6, 6.07) is 10.6. The Morgan fingerprint density at radius 1 is 0.923 bits per heavy atom. The lowest BCUT2D eigenvalue weighted by Crippen LogP contribution is -2.49. The fourth-order valence-electron chi connectivity index (χ4n) is 3.67. The van der Waals surface area contributed by atoms with Crippen molar-refractivity contribution in [2.75, 3.05) is 72.0 Å². The number of hydrogen-bond acceptors (Lipinski definition) is 5. The van der Waals surface area contributed by atoms with Gasteiger partial charge in [0, 0.05) is 65.4 Å². The summed E-state index contributed by atoms with van der Waals surface area (Å²) in [6.07, 6.45) is 1.04. The average Bonchev–Trinajstić information content (AvgIpc) is 2.68. The largest absolute Gasteiger partial charge is 0.355 e. The van der Waals surface area contributed by atoms with Crippen molar-refractivity contribution in [3.05, 3.63) is 35.9 Å². The monoisotopic (exact) mass is 359 g/mol. The summed E-state index contributed by atoms with van der Waals surface area (Å²) < 4.78 is 0. The van der Waals surface area contributed by atoms with Crippen molar-refractivity contribution in [3.8, 4) is 0 Å². The van der Waals surface area contributed by atoms with Crippen LogP contribution >= 0.6 is 0 Å². The van der Waals surface area contributed by atoms with Crippen molar-refractivity contribution in [2.24, 2.45) is 0 Å². The summed E-state index contributed by atoms with van der Waals surface area (Å²) >= 11 is 0. The zero-order valence-corrected chi connectivity index (χ0v) is 15.8. The molecule has 6 heteroatoms. The van der Waals surface area contributed by atoms with Crippen LogP contribution in [-0.2, 0) is 11.3 Å². The molecule has 26 heavy (non-hydrogen) atoms. The fraction of sp³-hybridized carbons (Fsp3) is 0.650. The van der Waals surface area contributed by atoms with Gasteiger partial charge in [-0.3, -0.25) is 14.6 Å². The van der Waals surface area contributed by atoms with Gasteiger partial charge in [0.2, 0.25) is 5.91 Å². The number of carbonyl (C=O) groups excluding carboxylic acids is 1. The molecule has 0 atom stereocenters. The van der Waals surface area contributed by atoms with Gasteiger partial charge in [-0.15, -0.1) is 0 Å². The summed E-state index contributed by atoms with van der Waals surface area (Å²) in [7, 11) is 0. The van der Waals surface area contributed by atoms with E-state index in [0.29, 0.717) is 6.54 Å². The van der Waals surface area contributed by atoms with Crippen LogP contribution in [0.3, 0.4) is 0 Å². The van der Waals surface area contributed by atoms with Crippen LogP contribution < -0.4 is 10.6 Å². The van der Waals surface area contributed by atoms with Gasteiger partial charge in [-0.1, -0.05) is 30.3 Å². The van der Waals surface area contributed by atoms with Crippen LogP contribution in [0.1, 0.15) is 12.0 Å². The molecule has 2 aliphatic heterocycles. The molecule has 3 rings (SSSR count). The van der Waals surface area contributed by atoms with E-state index in [1.165, 1.54) is 5.56 Å². The lowest BCUT2D eigenvalue weighted by molar-refractivity contribution is -0.122. The van der Waals surface area contributed by atoms with E-state index in [4.69, 9.17) is 0 Å². The number of carbonyl (C=O) groups is 1. The number of piperazine rings is 2. The van der Waals surface area contributed by atoms with Gasteiger partial charge in [-0.2, -0.15) is 0 Å². The zero-order valence-electron chi connectivity index (χ0n) is 15.8. The van der Waals surface area contributed by atoms with Crippen LogP contribution in [0.5, 0.6) is 0 Å². The maximum Gasteiger partial charge on any atom is 0.234 e. The standard InChI is InChI=1S/C20H33N5O/c26-20(22-7-4-10-23-11-8-21-9-12-23)18-25-15-13-24(14-16-25)17-19-5-2-1-3-6-19/h1-3,5-6,21H,4,7-18H2,(H,22,26). The third-order valence-corrected chi connectivity index (χ3v) is 5.26. The van der Waals surface area contributed by atoms with Crippen molar-refractivity contribution in [1.82, 2.24) is 25.3 Å². The molecule has 0 spiro atoms. The van der Waals surface area contributed by atoms with Crippen LogP contribution in [0.15, 0.2) is 30.3 Å². The Hall–Kier alpha value is -1.47. The van der Waals surface area contributed by atoms with Crippen molar-refractivity contribution >= 4 is 5.91 Å². The predicted molar refractivity (Wildman–Crippen MR) is 105 cm³/mol. The first-order chi connectivity index (χ1) is 12.8. The van der Waals surface area contributed by atoms with Crippen molar-refractivity contribution < 1.29 is 4.79 Å². The Morgan fingerprint density at radius 3 is 2.35 bits per heavy atom. The molecule has 0 bridgehead atoms. The summed E-state index contributed by atoms with van der Waals surface area (Å²) in [5.41, 5.74) is 1.36. The fourth-order valence-corrected chi connectivity index (χ4v) is 3.67. The zero-order chi connectivity index (χ0) is 18.0. The Labute approximate surface area is 157 Å². The van der Waals surface area contributed by atoms with Crippen LogP contribution in [0.25, 0.3) is 0 Å². The van der Waals surface area contributed by atoms with E-state index < -0.39 is 0 Å². The van der Waals surface area contributed by atoms with E-state index in [1.54, 1.807) is 0 Å². The van der Waals surface area contributed by atoms with E-state index >= 15 is 0 Å². The first kappa shape index (κ1) is 19.3. The molecular weight excluding hydrogens is 326 g/mol. The van der Waals surface area contributed by atoms with Gasteiger partial charge in [-0.25, -0.2) is 0 Å². The second kappa shape index (κ2) is 10.6. The highest BCUT2D eigenvalue weighted by molar-refractivity contribution is 5.77. The van der Waals surface area contributed by atoms with Gasteiger partial charge in [0.1, 0.15) is 0 Å². The summed E-state index contributed by atoms with van der Waals surface area (Å²) in [5, 5.41) is 6.45. The minimum atomic E-state index is 0.168. The molecule has 1 aromatic carbocycles. The summed E-state index contributed by atoms with van der Waals surface area (Å²) in [4.78, 5) is 19.4. The molecule has 2 fully saturated rings. The third-order valence-electron chi connectivity index (χ3n) is 5.26. The molecule has 2 saturated heterocycles. The number of rotatable bonds is 8. The molecular formula is C20H33N5O. The van der Waals surface area contributed by atoms with Gasteiger partial charge in [-0.05, 0) is 18.5 Å². The second-order valence-corrected chi connectivity index (χ2v) is 7.33. The molecule has 0 aliphatic carbocycles. The number of hydrogen-bond donors (Lipinski definition) is 2. The van der Waals surface area contributed by atoms with Gasteiger partial charge >= 0.3 is 0 Å². The van der Waals surface area contributed by atoms with E-state index in [2.05, 4.69) is 55.7 Å². The molecule has 0 radical (unpaired) electrons. The lowest BCUT2D eigenvalue weighted by Gasteiger charge is -2.34. The van der Waals surface area contributed by atoms with Crippen LogP contribution in [0.2, 0.25) is 0 Å². The lowest BCUT2D eigenvalue weighted by atomic mass is 10.2. The van der Waals surface area contributed by atoms with Crippen LogP contribution in [0.4, 0.5) is 0 Å². The van der Waals surface area contributed by atoms with Crippen LogP contribution in [-0.4, -0.2) is 92.6 Å². The minimum absolute atomic E-state index is 0.168. The molecule has 0 saturated carbocycles. The van der Waals surface area contributed by atoms with Crippen molar-refractivity contribution in [1.29, 1.82) is 0 Å². The quantitative estimate of drug-likeness (QED) is 0.650. The molecule has 2 heterocycles. The molecule has 1 aromatic rings. The maximum atomic E-state index is 12.1. The van der Waals surface area contributed by atoms with Gasteiger partial charge in [0.05, 0.1) is 6.54 Å². The molecule has 0 unspecified atom stereocenters. The first-order valence-corrected chi connectivity index (χ1v) is 9.98. The molecule has 2 aliphatic rings. The van der Waals surface area contributed by atoms with E-state index in [-0.39, 0.29) is 5.91 Å². The Balaban J connectivity index is 1.25. The topological polar surface area (TPSA) is 50.9 Å². The highest BCUT2D eigenvalue weighted by Crippen LogP contribution is 2.08. The van der Waals surface area contributed by atoms with Crippen LogP contribution in [0, 0.1) is 0 Å². The van der Waals surface area contributed by atoms with E-state index in [1.807, 2.05) is 0 Å². The second-order valence-electron chi connectivity index (χ2n) is 7.33. The van der Waals surface area contributed by atoms with Crippen molar-refractivity contribution in [3.63, 3.8) is 0 Å². The average molecular weight is 360 g/mol. The van der Waals surface area contributed by atoms with Gasteiger partial charge in [0.15, 0.2) is 0 Å². The molecule has 0 aromatic heterocycles. The van der Waals surface area contributed by atoms with E-state index in [9.17, 15) is 4.79 Å². The number of nitrogens with zero attached hydrogens (tertiary/aromatic N) is 3. The molecule has 1 amide bonds. The number of nitrogens with one attached hydrogen (secondary N) is 2. The molecule has 2 N–H and O–H groups in total. The predicted octanol–water partition coefficient (Wildman–Crippen LogP) is 0.216. The van der Waals surface area contributed by atoms with Crippen molar-refractivity contribution in [2.45, 2.75) is 13.0 Å². The highest BCUT2D eigenvalue weighted by atomic mass is 16.2.